The van der Waals surface area contributed by atoms with E-state index in [1.807, 2.05) is 24.3 Å². The second-order valence-electron chi connectivity index (χ2n) is 7.12. The van der Waals surface area contributed by atoms with E-state index in [0.29, 0.717) is 16.8 Å². The van der Waals surface area contributed by atoms with Gasteiger partial charge in [-0.15, -0.1) is 10.2 Å². The second kappa shape index (κ2) is 12.9. The van der Waals surface area contributed by atoms with Gasteiger partial charge in [-0.2, -0.15) is 0 Å². The first-order valence-corrected chi connectivity index (χ1v) is 10.8. The fourth-order valence-electron chi connectivity index (χ4n) is 3.22. The minimum absolute atomic E-state index is 0.518. The summed E-state index contributed by atoms with van der Waals surface area (Å²) in [7, 11) is 0. The smallest absolute Gasteiger partial charge is 0.249 e. The number of halogens is 1. The molecular formula is C22H33ClN2O. The molecule has 1 aromatic carbocycles. The van der Waals surface area contributed by atoms with Gasteiger partial charge in [-0.1, -0.05) is 101 Å². The summed E-state index contributed by atoms with van der Waals surface area (Å²) in [6, 6.07) is 7.57. The van der Waals surface area contributed by atoms with Crippen LogP contribution < -0.4 is 0 Å². The van der Waals surface area contributed by atoms with Gasteiger partial charge >= 0.3 is 0 Å². The third kappa shape index (κ3) is 7.90. The van der Waals surface area contributed by atoms with Crippen molar-refractivity contribution >= 4 is 11.6 Å². The number of aryl methyl sites for hydroxylation is 1. The molecule has 0 atom stereocenters. The first-order chi connectivity index (χ1) is 12.8. The molecule has 144 valence electrons. The van der Waals surface area contributed by atoms with E-state index in [1.54, 1.807) is 0 Å². The molecule has 1 aromatic heterocycles. The van der Waals surface area contributed by atoms with Gasteiger partial charge in [-0.25, -0.2) is 0 Å². The SMILES string of the molecule is CCCCCCCCCCCCCCc1nnc(-c2ccccc2Cl)o1. The fraction of sp³-hybridized carbons (Fsp3) is 0.636. The molecule has 0 fully saturated rings. The number of unbranched alkanes of at least 4 members (excludes halogenated alkanes) is 11. The van der Waals surface area contributed by atoms with Gasteiger partial charge in [0, 0.05) is 6.42 Å². The lowest BCUT2D eigenvalue weighted by Crippen LogP contribution is -1.87. The van der Waals surface area contributed by atoms with Gasteiger partial charge < -0.3 is 4.42 Å². The van der Waals surface area contributed by atoms with Crippen LogP contribution in [0.1, 0.15) is 89.9 Å². The van der Waals surface area contributed by atoms with E-state index in [9.17, 15) is 0 Å². The summed E-state index contributed by atoms with van der Waals surface area (Å²) in [5.41, 5.74) is 0.808. The molecule has 4 heteroatoms. The molecule has 0 spiro atoms. The minimum atomic E-state index is 0.518. The maximum absolute atomic E-state index is 6.17. The van der Waals surface area contributed by atoms with E-state index < -0.39 is 0 Å². The summed E-state index contributed by atoms with van der Waals surface area (Å²) in [6.45, 7) is 2.27. The zero-order valence-electron chi connectivity index (χ0n) is 16.2. The highest BCUT2D eigenvalue weighted by molar-refractivity contribution is 6.33. The Balaban J connectivity index is 1.50. The largest absolute Gasteiger partial charge is 0.421 e. The van der Waals surface area contributed by atoms with Crippen LogP contribution in [0.4, 0.5) is 0 Å². The minimum Gasteiger partial charge on any atom is -0.421 e. The van der Waals surface area contributed by atoms with Gasteiger partial charge in [0.1, 0.15) is 0 Å². The highest BCUT2D eigenvalue weighted by atomic mass is 35.5. The number of hydrogen-bond acceptors (Lipinski definition) is 3. The number of rotatable bonds is 14. The summed E-state index contributed by atoms with van der Waals surface area (Å²) in [6.07, 6.45) is 17.1. The molecule has 3 nitrogen and oxygen atoms in total. The van der Waals surface area contributed by atoms with Gasteiger partial charge in [0.25, 0.3) is 0 Å². The number of hydrogen-bond donors (Lipinski definition) is 0. The van der Waals surface area contributed by atoms with Crippen molar-refractivity contribution in [1.29, 1.82) is 0 Å². The summed E-state index contributed by atoms with van der Waals surface area (Å²) >= 11 is 6.17. The van der Waals surface area contributed by atoms with Crippen molar-refractivity contribution < 1.29 is 4.42 Å². The Morgan fingerprint density at radius 3 is 1.96 bits per heavy atom. The molecule has 0 radical (unpaired) electrons. The third-order valence-electron chi connectivity index (χ3n) is 4.82. The van der Waals surface area contributed by atoms with E-state index >= 15 is 0 Å². The van der Waals surface area contributed by atoms with Crippen molar-refractivity contribution in [3.63, 3.8) is 0 Å². The van der Waals surface area contributed by atoms with Crippen LogP contribution in [-0.2, 0) is 6.42 Å². The zero-order chi connectivity index (χ0) is 18.5. The van der Waals surface area contributed by atoms with Crippen LogP contribution in [0.5, 0.6) is 0 Å². The molecule has 2 rings (SSSR count). The predicted molar refractivity (Wildman–Crippen MR) is 110 cm³/mol. The number of benzene rings is 1. The van der Waals surface area contributed by atoms with Gasteiger partial charge in [-0.3, -0.25) is 0 Å². The average Bonchev–Trinajstić information content (AvgIpc) is 3.11. The van der Waals surface area contributed by atoms with E-state index in [0.717, 1.165) is 18.4 Å². The Morgan fingerprint density at radius 1 is 0.769 bits per heavy atom. The molecule has 0 aliphatic carbocycles. The Kier molecular flexibility index (Phi) is 10.4. The lowest BCUT2D eigenvalue weighted by molar-refractivity contribution is 0.484. The van der Waals surface area contributed by atoms with Crippen molar-refractivity contribution in [3.05, 3.63) is 35.2 Å². The lowest BCUT2D eigenvalue weighted by atomic mass is 10.0. The molecular weight excluding hydrogens is 344 g/mol. The van der Waals surface area contributed by atoms with Crippen molar-refractivity contribution in [1.82, 2.24) is 10.2 Å². The monoisotopic (exact) mass is 376 g/mol. The van der Waals surface area contributed by atoms with Crippen LogP contribution in [0, 0.1) is 0 Å². The molecule has 0 aliphatic rings. The average molecular weight is 377 g/mol. The zero-order valence-corrected chi connectivity index (χ0v) is 16.9. The predicted octanol–water partition coefficient (Wildman–Crippen LogP) is 7.63. The molecule has 1 heterocycles. The topological polar surface area (TPSA) is 38.9 Å². The van der Waals surface area contributed by atoms with Gasteiger partial charge in [-0.05, 0) is 18.6 Å². The molecule has 0 saturated heterocycles. The molecule has 26 heavy (non-hydrogen) atoms. The Hall–Kier alpha value is -1.35. The molecule has 0 amide bonds. The Morgan fingerprint density at radius 2 is 1.35 bits per heavy atom. The summed E-state index contributed by atoms with van der Waals surface area (Å²) in [4.78, 5) is 0. The van der Waals surface area contributed by atoms with Crippen molar-refractivity contribution in [3.8, 4) is 11.5 Å². The van der Waals surface area contributed by atoms with Crippen molar-refractivity contribution in [2.75, 3.05) is 0 Å². The quantitative estimate of drug-likeness (QED) is 0.318. The molecule has 2 aromatic rings. The maximum atomic E-state index is 6.17. The maximum Gasteiger partial charge on any atom is 0.249 e. The Labute approximate surface area is 163 Å². The highest BCUT2D eigenvalue weighted by Gasteiger charge is 2.11. The molecule has 0 saturated carbocycles. The van der Waals surface area contributed by atoms with Crippen LogP contribution >= 0.6 is 11.6 Å². The third-order valence-corrected chi connectivity index (χ3v) is 5.14. The van der Waals surface area contributed by atoms with E-state index in [2.05, 4.69) is 17.1 Å². The van der Waals surface area contributed by atoms with Gasteiger partial charge in [0.2, 0.25) is 11.8 Å². The van der Waals surface area contributed by atoms with Gasteiger partial charge in [0.05, 0.1) is 10.6 Å². The molecule has 0 N–H and O–H groups in total. The van der Waals surface area contributed by atoms with E-state index in [-0.39, 0.29) is 0 Å². The summed E-state index contributed by atoms with van der Waals surface area (Å²) in [5, 5.41) is 8.92. The first kappa shape index (κ1) is 21.0. The summed E-state index contributed by atoms with van der Waals surface area (Å²) < 4.78 is 5.74. The van der Waals surface area contributed by atoms with Crippen LogP contribution in [0.25, 0.3) is 11.5 Å². The van der Waals surface area contributed by atoms with E-state index in [4.69, 9.17) is 16.0 Å². The van der Waals surface area contributed by atoms with Crippen molar-refractivity contribution in [2.45, 2.75) is 90.4 Å². The lowest BCUT2D eigenvalue weighted by Gasteiger charge is -2.02. The van der Waals surface area contributed by atoms with Crippen molar-refractivity contribution in [2.24, 2.45) is 0 Å². The highest BCUT2D eigenvalue weighted by Crippen LogP contribution is 2.26. The van der Waals surface area contributed by atoms with Crippen LogP contribution in [0.3, 0.4) is 0 Å². The van der Waals surface area contributed by atoms with Crippen LogP contribution in [-0.4, -0.2) is 10.2 Å². The standard InChI is InChI=1S/C22H33ClN2O/c1-2-3-4-5-6-7-8-9-10-11-12-13-18-21-24-25-22(26-21)19-16-14-15-17-20(19)23/h14-17H,2-13,18H2,1H3. The van der Waals surface area contributed by atoms with Gasteiger partial charge in [0.15, 0.2) is 0 Å². The summed E-state index contributed by atoms with van der Waals surface area (Å²) in [5.74, 6) is 1.23. The number of aromatic nitrogens is 2. The van der Waals surface area contributed by atoms with Crippen LogP contribution in [0.15, 0.2) is 28.7 Å². The normalized spacial score (nSPS) is 11.2. The number of nitrogens with zero attached hydrogens (tertiary/aromatic N) is 2. The molecule has 0 unspecified atom stereocenters. The van der Waals surface area contributed by atoms with E-state index in [1.165, 1.54) is 70.6 Å². The fourth-order valence-corrected chi connectivity index (χ4v) is 3.43. The Bertz CT molecular complexity index is 612. The van der Waals surface area contributed by atoms with Crippen LogP contribution in [0.2, 0.25) is 5.02 Å². The first-order valence-electron chi connectivity index (χ1n) is 10.4. The second-order valence-corrected chi connectivity index (χ2v) is 7.53. The molecule has 0 bridgehead atoms. The molecule has 0 aliphatic heterocycles.